The van der Waals surface area contributed by atoms with E-state index in [0.717, 1.165) is 13.7 Å². The van der Waals surface area contributed by atoms with Crippen molar-refractivity contribution in [1.82, 2.24) is 4.98 Å². The van der Waals surface area contributed by atoms with Crippen LogP contribution in [0, 0.1) is 0 Å². The number of hydrogen-bond acceptors (Lipinski definition) is 1. The molecule has 27 heavy (non-hydrogen) atoms. The summed E-state index contributed by atoms with van der Waals surface area (Å²) in [6, 6.07) is 26.2. The van der Waals surface area contributed by atoms with E-state index in [-0.39, 0.29) is 0 Å². The number of rotatable bonds is 0. The number of fused-ring (bicyclic) bond motifs is 6. The third-order valence-electron chi connectivity index (χ3n) is 5.59. The normalized spacial score (nSPS) is 13.6. The summed E-state index contributed by atoms with van der Waals surface area (Å²) in [4.78, 5) is 4.19. The number of aromatic nitrogens is 1. The molecule has 0 radical (unpaired) electrons. The zero-order valence-electron chi connectivity index (χ0n) is 15.3. The van der Waals surface area contributed by atoms with E-state index in [0.29, 0.717) is 0 Å². The van der Waals surface area contributed by atoms with Gasteiger partial charge in [0.25, 0.3) is 0 Å². The summed E-state index contributed by atoms with van der Waals surface area (Å²) in [5.41, 5.74) is 4.32. The average molecular weight is 367 g/mol. The van der Waals surface area contributed by atoms with E-state index in [4.69, 9.17) is 0 Å². The SMILES string of the molecule is c1ccc2[pH]cnc2c1.c1ccc2c(c1)ccc1c3c(ccc12)CCCC3. The van der Waals surface area contributed by atoms with E-state index in [1.807, 2.05) is 18.1 Å². The molecule has 0 amide bonds. The molecule has 0 N–H and O–H groups in total. The number of para-hydroxylation sites is 1. The van der Waals surface area contributed by atoms with Gasteiger partial charge in [-0.15, -0.1) is 8.19 Å². The molecule has 1 nitrogen and oxygen atoms in total. The van der Waals surface area contributed by atoms with Crippen LogP contribution in [-0.2, 0) is 12.8 Å². The maximum atomic E-state index is 4.19. The second kappa shape index (κ2) is 7.18. The highest BCUT2D eigenvalue weighted by atomic mass is 31.0. The van der Waals surface area contributed by atoms with Gasteiger partial charge in [0, 0.05) is 11.0 Å². The zero-order chi connectivity index (χ0) is 18.1. The second-order valence-electron chi connectivity index (χ2n) is 7.21. The van der Waals surface area contributed by atoms with Gasteiger partial charge in [-0.2, -0.15) is 0 Å². The van der Waals surface area contributed by atoms with Gasteiger partial charge in [0.05, 0.1) is 5.52 Å². The van der Waals surface area contributed by atoms with Gasteiger partial charge in [-0.05, 0) is 70.5 Å². The molecule has 2 heteroatoms. The third-order valence-corrected chi connectivity index (χ3v) is 6.58. The molecule has 1 aliphatic rings. The van der Waals surface area contributed by atoms with Crippen LogP contribution >= 0.6 is 8.19 Å². The summed E-state index contributed by atoms with van der Waals surface area (Å²) in [7, 11) is 0.788. The predicted octanol–water partition coefficient (Wildman–Crippen LogP) is 7.14. The van der Waals surface area contributed by atoms with E-state index in [1.165, 1.54) is 52.3 Å². The Labute approximate surface area is 161 Å². The van der Waals surface area contributed by atoms with Crippen molar-refractivity contribution >= 4 is 40.4 Å². The molecule has 1 aliphatic carbocycles. The van der Waals surface area contributed by atoms with Crippen LogP contribution in [0.3, 0.4) is 0 Å². The topological polar surface area (TPSA) is 12.9 Å². The summed E-state index contributed by atoms with van der Waals surface area (Å²) in [5, 5.41) is 7.02. The maximum Gasteiger partial charge on any atom is 0.0743 e. The summed E-state index contributed by atoms with van der Waals surface area (Å²) in [5.74, 6) is 1.98. The summed E-state index contributed by atoms with van der Waals surface area (Å²) < 4.78 is 0. The Morgan fingerprint density at radius 1 is 0.667 bits per heavy atom. The molecule has 0 spiro atoms. The Hall–Kier alpha value is -2.63. The van der Waals surface area contributed by atoms with Gasteiger partial charge in [0.15, 0.2) is 0 Å². The molecule has 132 valence electrons. The van der Waals surface area contributed by atoms with Crippen LogP contribution in [0.25, 0.3) is 32.2 Å². The van der Waals surface area contributed by atoms with Crippen LogP contribution in [0.5, 0.6) is 0 Å². The smallest absolute Gasteiger partial charge is 0.0743 e. The standard InChI is InChI=1S/C18H16.C7H6NP/c1-3-7-15-13(5-1)9-11-18-16-8-4-2-6-14(16)10-12-17(15)18;1-2-4-7-6(3-1)8-5-9-7/h1,3,5,7,9-12H,2,4,6,8H2;1-5,9H. The van der Waals surface area contributed by atoms with Gasteiger partial charge in [-0.3, -0.25) is 4.98 Å². The molecule has 0 aliphatic heterocycles. The molecule has 0 saturated carbocycles. The first-order chi connectivity index (χ1) is 13.4. The van der Waals surface area contributed by atoms with Crippen molar-refractivity contribution in [2.45, 2.75) is 25.7 Å². The first kappa shape index (κ1) is 16.5. The Kier molecular flexibility index (Phi) is 4.40. The fourth-order valence-electron chi connectivity index (χ4n) is 4.22. The quantitative estimate of drug-likeness (QED) is 0.265. The Morgan fingerprint density at radius 2 is 1.48 bits per heavy atom. The maximum absolute atomic E-state index is 4.19. The van der Waals surface area contributed by atoms with Gasteiger partial charge in [0.2, 0.25) is 0 Å². The lowest BCUT2D eigenvalue weighted by Gasteiger charge is -2.18. The minimum Gasteiger partial charge on any atom is -0.252 e. The van der Waals surface area contributed by atoms with E-state index in [1.54, 1.807) is 11.1 Å². The van der Waals surface area contributed by atoms with Crippen molar-refractivity contribution in [3.63, 3.8) is 0 Å². The summed E-state index contributed by atoms with van der Waals surface area (Å²) in [6.07, 6.45) is 5.22. The molecule has 1 atom stereocenters. The minimum atomic E-state index is 0.788. The zero-order valence-corrected chi connectivity index (χ0v) is 16.3. The Morgan fingerprint density at radius 3 is 2.44 bits per heavy atom. The minimum absolute atomic E-state index is 0.788. The lowest BCUT2D eigenvalue weighted by Crippen LogP contribution is -2.02. The number of hydrogen-bond donors (Lipinski definition) is 0. The average Bonchev–Trinajstić information content (AvgIpc) is 3.23. The van der Waals surface area contributed by atoms with Gasteiger partial charge >= 0.3 is 0 Å². The van der Waals surface area contributed by atoms with Crippen molar-refractivity contribution in [2.24, 2.45) is 0 Å². The van der Waals surface area contributed by atoms with Crippen molar-refractivity contribution in [3.8, 4) is 0 Å². The van der Waals surface area contributed by atoms with Crippen molar-refractivity contribution in [1.29, 1.82) is 0 Å². The Bertz CT molecular complexity index is 1200. The van der Waals surface area contributed by atoms with Gasteiger partial charge in [-0.1, -0.05) is 60.7 Å². The van der Waals surface area contributed by atoms with Crippen LogP contribution in [-0.4, -0.2) is 4.98 Å². The highest BCUT2D eigenvalue weighted by Crippen LogP contribution is 2.33. The van der Waals surface area contributed by atoms with E-state index < -0.39 is 0 Å². The molecule has 1 aromatic heterocycles. The molecule has 0 saturated heterocycles. The van der Waals surface area contributed by atoms with Crippen LogP contribution in [0.2, 0.25) is 0 Å². The molecule has 4 aromatic carbocycles. The molecular weight excluding hydrogens is 345 g/mol. The third kappa shape index (κ3) is 3.13. The van der Waals surface area contributed by atoms with Crippen LogP contribution in [0.4, 0.5) is 0 Å². The molecule has 1 unspecified atom stereocenters. The Balaban J connectivity index is 0.000000149. The first-order valence-corrected chi connectivity index (χ1v) is 10.8. The highest BCUT2D eigenvalue weighted by Gasteiger charge is 2.13. The molecule has 1 heterocycles. The predicted molar refractivity (Wildman–Crippen MR) is 119 cm³/mol. The van der Waals surface area contributed by atoms with E-state index >= 15 is 0 Å². The first-order valence-electron chi connectivity index (χ1n) is 9.70. The van der Waals surface area contributed by atoms with Crippen molar-refractivity contribution < 1.29 is 0 Å². The number of benzene rings is 4. The lowest BCUT2D eigenvalue weighted by atomic mass is 9.86. The van der Waals surface area contributed by atoms with Gasteiger partial charge in [-0.25, -0.2) is 0 Å². The summed E-state index contributed by atoms with van der Waals surface area (Å²) >= 11 is 0. The van der Waals surface area contributed by atoms with E-state index in [2.05, 4.69) is 65.6 Å². The fraction of sp³-hybridized carbons (Fsp3) is 0.160. The largest absolute Gasteiger partial charge is 0.252 e. The van der Waals surface area contributed by atoms with Crippen LogP contribution in [0.1, 0.15) is 24.0 Å². The van der Waals surface area contributed by atoms with E-state index in [9.17, 15) is 0 Å². The summed E-state index contributed by atoms with van der Waals surface area (Å²) in [6.45, 7) is 0. The van der Waals surface area contributed by atoms with Crippen molar-refractivity contribution in [3.05, 3.63) is 89.9 Å². The van der Waals surface area contributed by atoms with Crippen LogP contribution < -0.4 is 0 Å². The lowest BCUT2D eigenvalue weighted by molar-refractivity contribution is 0.690. The monoisotopic (exact) mass is 367 g/mol. The molecule has 6 rings (SSSR count). The van der Waals surface area contributed by atoms with Gasteiger partial charge in [0.1, 0.15) is 0 Å². The number of aryl methyl sites for hydroxylation is 2. The van der Waals surface area contributed by atoms with Crippen molar-refractivity contribution in [2.75, 3.05) is 0 Å². The second-order valence-corrected chi connectivity index (χ2v) is 8.30. The van der Waals surface area contributed by atoms with Gasteiger partial charge < -0.3 is 0 Å². The fourth-order valence-corrected chi connectivity index (χ4v) is 5.05. The number of nitrogens with zero attached hydrogens (tertiary/aromatic N) is 1. The molecular formula is C25H22NP. The molecule has 0 bridgehead atoms. The molecule has 5 aromatic rings. The molecule has 0 fully saturated rings. The van der Waals surface area contributed by atoms with Crippen LogP contribution in [0.15, 0.2) is 78.7 Å². The highest BCUT2D eigenvalue weighted by molar-refractivity contribution is 7.36.